The number of aromatic hydroxyl groups is 2. The van der Waals surface area contributed by atoms with E-state index in [1.54, 1.807) is 18.2 Å². The monoisotopic (exact) mass is 511 g/mol. The summed E-state index contributed by atoms with van der Waals surface area (Å²) in [4.78, 5) is 24.2. The number of phenols is 2. The van der Waals surface area contributed by atoms with Crippen molar-refractivity contribution in [3.8, 4) is 11.5 Å². The lowest BCUT2D eigenvalue weighted by molar-refractivity contribution is -0.117. The van der Waals surface area contributed by atoms with Gasteiger partial charge in [-0.2, -0.15) is 0 Å². The highest BCUT2D eigenvalue weighted by atomic mass is 35.5. The van der Waals surface area contributed by atoms with Crippen molar-refractivity contribution in [1.82, 2.24) is 4.90 Å². The summed E-state index contributed by atoms with van der Waals surface area (Å²) in [5.74, 6) is -0.437. The van der Waals surface area contributed by atoms with Gasteiger partial charge in [0.2, 0.25) is 12.3 Å². The first kappa shape index (κ1) is 27.0. The van der Waals surface area contributed by atoms with E-state index in [2.05, 4.69) is 10.2 Å². The molecular formula is C27H30ClN3O5. The molecule has 2 atom stereocenters. The van der Waals surface area contributed by atoms with Crippen LogP contribution in [0, 0.1) is 0 Å². The van der Waals surface area contributed by atoms with Gasteiger partial charge in [0.25, 0.3) is 0 Å². The number of hydrogen-bond acceptors (Lipinski definition) is 6. The van der Waals surface area contributed by atoms with Gasteiger partial charge in [-0.1, -0.05) is 48.0 Å². The predicted molar refractivity (Wildman–Crippen MR) is 139 cm³/mol. The number of nitrogens with one attached hydrogen (secondary N) is 1. The van der Waals surface area contributed by atoms with Crippen LogP contribution in [0.5, 0.6) is 11.5 Å². The number of benzene rings is 3. The zero-order chi connectivity index (χ0) is 26.2. The number of carbonyl (C=O) groups excluding carboxylic acids is 2. The van der Waals surface area contributed by atoms with Crippen LogP contribution in [0.1, 0.15) is 35.3 Å². The summed E-state index contributed by atoms with van der Waals surface area (Å²) in [6, 6.07) is 16.9. The summed E-state index contributed by atoms with van der Waals surface area (Å²) >= 11 is 6.37. The minimum absolute atomic E-state index is 0.0574. The lowest BCUT2D eigenvalue weighted by Gasteiger charge is -2.32. The van der Waals surface area contributed by atoms with E-state index < -0.39 is 12.0 Å². The van der Waals surface area contributed by atoms with Gasteiger partial charge in [-0.3, -0.25) is 14.5 Å². The maximum absolute atomic E-state index is 11.3. The van der Waals surface area contributed by atoms with Crippen LogP contribution in [0.2, 0.25) is 5.02 Å². The van der Waals surface area contributed by atoms with Crippen molar-refractivity contribution >= 4 is 29.6 Å². The number of nitrogens with zero attached hydrogens (tertiary/aromatic N) is 1. The lowest BCUT2D eigenvalue weighted by Crippen LogP contribution is -2.37. The number of phenolic OH excluding ortho intramolecular Hbond substituents is 2. The molecule has 0 fully saturated rings. The number of aliphatic hydroxyl groups is 1. The fraction of sp³-hybridized carbons (Fsp3) is 0.259. The zero-order valence-electron chi connectivity index (χ0n) is 19.9. The Balaban J connectivity index is 1.85. The van der Waals surface area contributed by atoms with Gasteiger partial charge in [-0.05, 0) is 59.9 Å². The summed E-state index contributed by atoms with van der Waals surface area (Å²) < 4.78 is 0. The molecule has 9 heteroatoms. The first-order valence-electron chi connectivity index (χ1n) is 11.4. The first-order chi connectivity index (χ1) is 17.2. The molecular weight excluding hydrogens is 482 g/mol. The van der Waals surface area contributed by atoms with Crippen molar-refractivity contribution < 1.29 is 24.9 Å². The van der Waals surface area contributed by atoms with Gasteiger partial charge in [0.15, 0.2) is 0 Å². The Labute approximate surface area is 214 Å². The summed E-state index contributed by atoms with van der Waals surface area (Å²) in [6.45, 7) is 2.65. The largest absolute Gasteiger partial charge is 0.508 e. The van der Waals surface area contributed by atoms with Gasteiger partial charge in [-0.15, -0.1) is 0 Å². The van der Waals surface area contributed by atoms with Gasteiger partial charge in [0.05, 0.1) is 18.2 Å². The van der Waals surface area contributed by atoms with Crippen molar-refractivity contribution in [3.05, 3.63) is 87.9 Å². The van der Waals surface area contributed by atoms with Gasteiger partial charge in [-0.25, -0.2) is 0 Å². The molecule has 0 unspecified atom stereocenters. The van der Waals surface area contributed by atoms with E-state index in [9.17, 15) is 24.9 Å². The molecule has 8 nitrogen and oxygen atoms in total. The summed E-state index contributed by atoms with van der Waals surface area (Å²) in [6.07, 6.45) is 0.310. The van der Waals surface area contributed by atoms with E-state index in [1.165, 1.54) is 18.2 Å². The SMILES string of the molecule is C[C@H](Cc1cccc(CC(N)=O)c1)N(Cc1ccc(O)cc1Cl)C[C@H](O)c1ccc(O)c(NC=O)c1. The molecule has 190 valence electrons. The second-order valence-electron chi connectivity index (χ2n) is 8.78. The summed E-state index contributed by atoms with van der Waals surface area (Å²) in [5, 5.41) is 33.5. The zero-order valence-corrected chi connectivity index (χ0v) is 20.7. The first-order valence-corrected chi connectivity index (χ1v) is 11.8. The second-order valence-corrected chi connectivity index (χ2v) is 9.18. The third-order valence-corrected chi connectivity index (χ3v) is 6.31. The van der Waals surface area contributed by atoms with E-state index in [1.807, 2.05) is 31.2 Å². The molecule has 3 aromatic carbocycles. The van der Waals surface area contributed by atoms with E-state index in [0.717, 1.165) is 16.7 Å². The highest BCUT2D eigenvalue weighted by Gasteiger charge is 2.22. The van der Waals surface area contributed by atoms with Crippen LogP contribution < -0.4 is 11.1 Å². The van der Waals surface area contributed by atoms with Crippen LogP contribution in [0.3, 0.4) is 0 Å². The van der Waals surface area contributed by atoms with Gasteiger partial charge >= 0.3 is 0 Å². The van der Waals surface area contributed by atoms with Gasteiger partial charge in [0.1, 0.15) is 11.5 Å². The third kappa shape index (κ3) is 7.45. The quantitative estimate of drug-likeness (QED) is 0.186. The van der Waals surface area contributed by atoms with Crippen molar-refractivity contribution in [2.75, 3.05) is 11.9 Å². The number of amides is 2. The minimum Gasteiger partial charge on any atom is -0.508 e. The van der Waals surface area contributed by atoms with Crippen LogP contribution in [0.25, 0.3) is 0 Å². The van der Waals surface area contributed by atoms with Crippen LogP contribution in [0.4, 0.5) is 5.69 Å². The van der Waals surface area contributed by atoms with Crippen LogP contribution in [0.15, 0.2) is 60.7 Å². The number of hydrogen-bond donors (Lipinski definition) is 5. The number of halogens is 1. The summed E-state index contributed by atoms with van der Waals surface area (Å²) in [5.41, 5.74) is 8.69. The third-order valence-electron chi connectivity index (χ3n) is 5.96. The van der Waals surface area contributed by atoms with Crippen LogP contribution in [-0.4, -0.2) is 45.1 Å². The maximum Gasteiger partial charge on any atom is 0.221 e. The molecule has 0 spiro atoms. The Morgan fingerprint density at radius 2 is 1.86 bits per heavy atom. The number of aliphatic hydroxyl groups excluding tert-OH is 1. The normalized spacial score (nSPS) is 12.8. The van der Waals surface area contributed by atoms with E-state index >= 15 is 0 Å². The maximum atomic E-state index is 11.3. The van der Waals surface area contributed by atoms with Crippen molar-refractivity contribution in [2.24, 2.45) is 5.73 Å². The average Bonchev–Trinajstić information content (AvgIpc) is 2.81. The lowest BCUT2D eigenvalue weighted by atomic mass is 10.00. The molecule has 36 heavy (non-hydrogen) atoms. The Hall–Kier alpha value is -3.59. The van der Waals surface area contributed by atoms with Gasteiger partial charge < -0.3 is 26.4 Å². The average molecular weight is 512 g/mol. The molecule has 0 saturated heterocycles. The Morgan fingerprint density at radius 3 is 2.56 bits per heavy atom. The number of anilines is 1. The fourth-order valence-electron chi connectivity index (χ4n) is 4.09. The highest BCUT2D eigenvalue weighted by molar-refractivity contribution is 6.31. The van der Waals surface area contributed by atoms with Crippen molar-refractivity contribution in [3.63, 3.8) is 0 Å². The van der Waals surface area contributed by atoms with Crippen molar-refractivity contribution in [2.45, 2.75) is 38.5 Å². The molecule has 0 aliphatic carbocycles. The molecule has 3 rings (SSSR count). The van der Waals surface area contributed by atoms with E-state index in [-0.39, 0.29) is 36.2 Å². The predicted octanol–water partition coefficient (Wildman–Crippen LogP) is 3.51. The van der Waals surface area contributed by atoms with Crippen LogP contribution in [-0.2, 0) is 29.0 Å². The summed E-state index contributed by atoms with van der Waals surface area (Å²) in [7, 11) is 0. The standard InChI is InChI=1S/C27H30ClN3O5/c1-17(9-18-3-2-4-19(10-18)11-27(29)36)31(14-21-5-7-22(33)13-23(21)28)15-26(35)20-6-8-25(34)24(12-20)30-16-32/h2-8,10,12-13,16-17,26,33-35H,9,11,14-15H2,1H3,(H2,29,36)(H,30,32)/t17-,26+/m1/s1. The molecule has 3 aromatic rings. The molecule has 2 amide bonds. The number of nitrogens with two attached hydrogens (primary N) is 1. The van der Waals surface area contributed by atoms with E-state index in [0.29, 0.717) is 30.0 Å². The highest BCUT2D eigenvalue weighted by Crippen LogP contribution is 2.29. The molecule has 0 aliphatic heterocycles. The molecule has 0 radical (unpaired) electrons. The Kier molecular flexibility index (Phi) is 9.30. The minimum atomic E-state index is -0.933. The topological polar surface area (TPSA) is 136 Å². The molecule has 0 saturated carbocycles. The molecule has 0 aromatic heterocycles. The fourth-order valence-corrected chi connectivity index (χ4v) is 4.32. The van der Waals surface area contributed by atoms with Crippen molar-refractivity contribution in [1.29, 1.82) is 0 Å². The second kappa shape index (κ2) is 12.4. The molecule has 0 aliphatic rings. The molecule has 0 bridgehead atoms. The van der Waals surface area contributed by atoms with Gasteiger partial charge in [0, 0.05) is 24.2 Å². The number of carbonyl (C=O) groups is 2. The number of primary amides is 1. The molecule has 6 N–H and O–H groups in total. The Bertz CT molecular complexity index is 1220. The van der Waals surface area contributed by atoms with Crippen LogP contribution >= 0.6 is 11.6 Å². The smallest absolute Gasteiger partial charge is 0.221 e. The van der Waals surface area contributed by atoms with E-state index in [4.69, 9.17) is 17.3 Å². The number of rotatable bonds is 12. The Morgan fingerprint density at radius 1 is 1.11 bits per heavy atom. The molecule has 0 heterocycles.